The average molecular weight is 466 g/mol. The van der Waals surface area contributed by atoms with E-state index in [0.717, 1.165) is 35.1 Å². The van der Waals surface area contributed by atoms with Gasteiger partial charge in [0.2, 0.25) is 0 Å². The molecule has 0 aromatic carbocycles. The molecule has 0 spiro atoms. The molecular weight excluding hydrogens is 406 g/mol. The van der Waals surface area contributed by atoms with Crippen LogP contribution in [0.15, 0.2) is 0 Å². The number of hydrogen-bond acceptors (Lipinski definition) is 0. The maximum absolute atomic E-state index is 2.92. The maximum atomic E-state index is 2.92. The van der Waals surface area contributed by atoms with Gasteiger partial charge in [-0.3, -0.25) is 0 Å². The molecule has 0 aromatic rings. The van der Waals surface area contributed by atoms with E-state index in [2.05, 4.69) is 42.3 Å². The summed E-state index contributed by atoms with van der Waals surface area (Å²) in [7, 11) is 5.83. The third-order valence-corrected chi connectivity index (χ3v) is 10.8. The Morgan fingerprint density at radius 2 is 1.18 bits per heavy atom. The lowest BCUT2D eigenvalue weighted by atomic mass is 9.44. The lowest BCUT2D eigenvalue weighted by Crippen LogP contribution is -2.29. The largest absolute Gasteiger partial charge is 0.118 e. The van der Waals surface area contributed by atoms with Crippen LogP contribution in [0.1, 0.15) is 163 Å². The highest BCUT2D eigenvalue weighted by Crippen LogP contribution is 2.46. The molecule has 3 saturated carbocycles. The number of rotatable bonds is 6. The fraction of sp³-hybridized carbons (Fsp3) is 1.00. The molecule has 0 aromatic heterocycles. The second kappa shape index (κ2) is 15.4. The van der Waals surface area contributed by atoms with Crippen molar-refractivity contribution in [2.24, 2.45) is 17.3 Å². The van der Waals surface area contributed by atoms with Gasteiger partial charge in [-0.05, 0) is 23.7 Å². The third-order valence-electron chi connectivity index (χ3n) is 10.8. The van der Waals surface area contributed by atoms with Crippen LogP contribution in [0.5, 0.6) is 0 Å². The SMILES string of the molecule is CCC1CCC([B]C2CCCCCCCC(C)(C(C)C)C2)CCCC1[B]C1CCCCCCC1. The summed E-state index contributed by atoms with van der Waals surface area (Å²) in [5.74, 6) is 5.36. The Kier molecular flexibility index (Phi) is 13.0. The van der Waals surface area contributed by atoms with Crippen molar-refractivity contribution in [3.05, 3.63) is 0 Å². The normalized spacial score (nSPS) is 36.0. The van der Waals surface area contributed by atoms with Gasteiger partial charge in [0.25, 0.3) is 0 Å². The highest BCUT2D eigenvalue weighted by atomic mass is 14.3. The minimum absolute atomic E-state index is 0.545. The van der Waals surface area contributed by atoms with Crippen molar-refractivity contribution in [2.45, 2.75) is 186 Å². The Morgan fingerprint density at radius 3 is 1.82 bits per heavy atom. The summed E-state index contributed by atoms with van der Waals surface area (Å²) in [6.07, 6.45) is 30.9. The van der Waals surface area contributed by atoms with E-state index in [9.17, 15) is 0 Å². The summed E-state index contributed by atoms with van der Waals surface area (Å²) < 4.78 is 0. The predicted octanol–water partition coefficient (Wildman–Crippen LogP) is 11.1. The first-order valence-electron chi connectivity index (χ1n) is 16.2. The molecule has 3 fully saturated rings. The Bertz CT molecular complexity index is 523. The smallest absolute Gasteiger partial charge is 0.0686 e. The monoisotopic (exact) mass is 466 g/mol. The van der Waals surface area contributed by atoms with Crippen LogP contribution in [0.3, 0.4) is 0 Å². The second-order valence-electron chi connectivity index (χ2n) is 13.7. The third kappa shape index (κ3) is 9.54. The molecule has 3 aliphatic carbocycles. The van der Waals surface area contributed by atoms with Crippen molar-refractivity contribution in [2.75, 3.05) is 0 Å². The molecule has 2 radical (unpaired) electrons. The Labute approximate surface area is 217 Å². The summed E-state index contributed by atoms with van der Waals surface area (Å²) >= 11 is 0. The quantitative estimate of drug-likeness (QED) is 0.342. The molecule has 3 rings (SSSR count). The van der Waals surface area contributed by atoms with Crippen LogP contribution in [0.2, 0.25) is 23.3 Å². The van der Waals surface area contributed by atoms with Gasteiger partial charge in [0.15, 0.2) is 0 Å². The van der Waals surface area contributed by atoms with Gasteiger partial charge in [0, 0.05) is 0 Å². The molecule has 0 aliphatic heterocycles. The standard InChI is InChI=1S/C32H60B2/c1-5-27-22-23-29(20-16-21-31(27)34-28-17-12-8-6-9-13-18-28)33-30-19-14-10-7-11-15-24-32(4,25-30)26(2)3/h26-31H,5-25H2,1-4H3. The fourth-order valence-corrected chi connectivity index (χ4v) is 7.96. The zero-order valence-corrected chi connectivity index (χ0v) is 24.0. The molecule has 0 heterocycles. The van der Waals surface area contributed by atoms with Crippen LogP contribution in [0, 0.1) is 17.3 Å². The van der Waals surface area contributed by atoms with Crippen LogP contribution >= 0.6 is 0 Å². The summed E-state index contributed by atoms with van der Waals surface area (Å²) in [5.41, 5.74) is 0.545. The van der Waals surface area contributed by atoms with E-state index in [-0.39, 0.29) is 0 Å². The first-order chi connectivity index (χ1) is 16.5. The minimum Gasteiger partial charge on any atom is -0.0686 e. The van der Waals surface area contributed by atoms with Crippen LogP contribution < -0.4 is 0 Å². The minimum atomic E-state index is 0.545. The highest BCUT2D eigenvalue weighted by Gasteiger charge is 2.34. The van der Waals surface area contributed by atoms with E-state index < -0.39 is 0 Å². The van der Waals surface area contributed by atoms with Crippen molar-refractivity contribution in [3.63, 3.8) is 0 Å². The Balaban J connectivity index is 1.54. The van der Waals surface area contributed by atoms with Crippen LogP contribution in [-0.4, -0.2) is 14.6 Å². The van der Waals surface area contributed by atoms with Crippen molar-refractivity contribution >= 4 is 14.6 Å². The van der Waals surface area contributed by atoms with Crippen LogP contribution in [0.25, 0.3) is 0 Å². The first-order valence-corrected chi connectivity index (χ1v) is 16.2. The van der Waals surface area contributed by atoms with Crippen molar-refractivity contribution in [1.82, 2.24) is 0 Å². The zero-order chi connectivity index (χ0) is 24.2. The van der Waals surface area contributed by atoms with Crippen molar-refractivity contribution in [3.8, 4) is 0 Å². The lowest BCUT2D eigenvalue weighted by molar-refractivity contribution is 0.165. The van der Waals surface area contributed by atoms with Gasteiger partial charge >= 0.3 is 0 Å². The van der Waals surface area contributed by atoms with Crippen LogP contribution in [-0.2, 0) is 0 Å². The van der Waals surface area contributed by atoms with Crippen LogP contribution in [0.4, 0.5) is 0 Å². The maximum Gasteiger partial charge on any atom is 0.118 e. The summed E-state index contributed by atoms with van der Waals surface area (Å²) in [5, 5.41) is 0. The topological polar surface area (TPSA) is 0 Å². The van der Waals surface area contributed by atoms with E-state index in [0.29, 0.717) is 5.41 Å². The molecule has 3 aliphatic rings. The first kappa shape index (κ1) is 28.7. The van der Waals surface area contributed by atoms with Gasteiger partial charge < -0.3 is 0 Å². The summed E-state index contributed by atoms with van der Waals surface area (Å²) in [4.78, 5) is 0. The molecule has 2 heteroatoms. The number of hydrogen-bond donors (Lipinski definition) is 0. The van der Waals surface area contributed by atoms with E-state index in [1.165, 1.54) is 135 Å². The summed E-state index contributed by atoms with van der Waals surface area (Å²) in [6, 6.07) is 0. The van der Waals surface area contributed by atoms with Crippen molar-refractivity contribution < 1.29 is 0 Å². The van der Waals surface area contributed by atoms with E-state index >= 15 is 0 Å². The second-order valence-corrected chi connectivity index (χ2v) is 13.7. The van der Waals surface area contributed by atoms with Gasteiger partial charge in [-0.15, -0.1) is 0 Å². The fourth-order valence-electron chi connectivity index (χ4n) is 7.96. The van der Waals surface area contributed by atoms with Gasteiger partial charge in [0.1, 0.15) is 14.6 Å². The Hall–Kier alpha value is 0.130. The Morgan fingerprint density at radius 1 is 0.618 bits per heavy atom. The van der Waals surface area contributed by atoms with Gasteiger partial charge in [0.05, 0.1) is 0 Å². The van der Waals surface area contributed by atoms with Gasteiger partial charge in [-0.2, -0.15) is 0 Å². The molecule has 5 atom stereocenters. The zero-order valence-electron chi connectivity index (χ0n) is 24.0. The molecule has 0 saturated heterocycles. The highest BCUT2D eigenvalue weighted by molar-refractivity contribution is 6.40. The average Bonchev–Trinajstić information content (AvgIpc) is 2.78. The molecule has 0 N–H and O–H groups in total. The molecule has 34 heavy (non-hydrogen) atoms. The molecule has 5 unspecified atom stereocenters. The molecule has 0 nitrogen and oxygen atoms in total. The molecule has 0 amide bonds. The molecular formula is C32H60B2. The van der Waals surface area contributed by atoms with E-state index in [1.54, 1.807) is 0 Å². The van der Waals surface area contributed by atoms with Gasteiger partial charge in [-0.1, -0.05) is 179 Å². The molecule has 0 bridgehead atoms. The van der Waals surface area contributed by atoms with Gasteiger partial charge in [-0.25, -0.2) is 0 Å². The van der Waals surface area contributed by atoms with Crippen molar-refractivity contribution in [1.29, 1.82) is 0 Å². The van der Waals surface area contributed by atoms with E-state index in [1.807, 2.05) is 0 Å². The lowest BCUT2D eigenvalue weighted by Gasteiger charge is -2.39. The molecule has 194 valence electrons. The summed E-state index contributed by atoms with van der Waals surface area (Å²) in [6.45, 7) is 10.1. The van der Waals surface area contributed by atoms with E-state index in [4.69, 9.17) is 0 Å². The predicted molar refractivity (Wildman–Crippen MR) is 156 cm³/mol.